The van der Waals surface area contributed by atoms with E-state index in [-0.39, 0.29) is 11.9 Å². The Hall–Kier alpha value is -0.570. The molecule has 9 heavy (non-hydrogen) atoms. The quantitative estimate of drug-likeness (QED) is 0.541. The predicted molar refractivity (Wildman–Crippen MR) is 32.7 cm³/mol. The average Bonchev–Trinajstić information content (AvgIpc) is 2.63. The standard InChI is InChI=1S/C6H11NO2/c7-3-4-9-6(8)5-1-2-5/h5H,1-4,7H2. The number of esters is 1. The summed E-state index contributed by atoms with van der Waals surface area (Å²) in [7, 11) is 0. The Balaban J connectivity index is 2.03. The van der Waals surface area contributed by atoms with Crippen molar-refractivity contribution >= 4 is 5.97 Å². The Morgan fingerprint density at radius 1 is 1.67 bits per heavy atom. The summed E-state index contributed by atoms with van der Waals surface area (Å²) in [5.74, 6) is 0.136. The van der Waals surface area contributed by atoms with Gasteiger partial charge in [0.1, 0.15) is 6.61 Å². The van der Waals surface area contributed by atoms with Gasteiger partial charge < -0.3 is 10.5 Å². The summed E-state index contributed by atoms with van der Waals surface area (Å²) < 4.78 is 4.75. The van der Waals surface area contributed by atoms with Crippen molar-refractivity contribution < 1.29 is 9.53 Å². The van der Waals surface area contributed by atoms with Crippen molar-refractivity contribution in [1.82, 2.24) is 0 Å². The lowest BCUT2D eigenvalue weighted by Crippen LogP contribution is -2.14. The number of nitrogens with two attached hydrogens (primary N) is 1. The lowest BCUT2D eigenvalue weighted by atomic mass is 10.4. The van der Waals surface area contributed by atoms with E-state index < -0.39 is 0 Å². The van der Waals surface area contributed by atoms with Crippen molar-refractivity contribution in [3.63, 3.8) is 0 Å². The number of ether oxygens (including phenoxy) is 1. The van der Waals surface area contributed by atoms with Crippen molar-refractivity contribution in [2.45, 2.75) is 12.8 Å². The van der Waals surface area contributed by atoms with Crippen LogP contribution in [-0.2, 0) is 9.53 Å². The fraction of sp³-hybridized carbons (Fsp3) is 0.833. The predicted octanol–water partition coefficient (Wildman–Crippen LogP) is -0.102. The first-order chi connectivity index (χ1) is 4.34. The number of rotatable bonds is 3. The van der Waals surface area contributed by atoms with E-state index in [9.17, 15) is 4.79 Å². The van der Waals surface area contributed by atoms with Crippen molar-refractivity contribution in [2.24, 2.45) is 11.7 Å². The molecule has 0 aliphatic heterocycles. The van der Waals surface area contributed by atoms with Gasteiger partial charge in [0, 0.05) is 6.54 Å². The Labute approximate surface area is 54.2 Å². The molecule has 1 aliphatic rings. The highest BCUT2D eigenvalue weighted by molar-refractivity contribution is 5.74. The van der Waals surface area contributed by atoms with Crippen LogP contribution in [0, 0.1) is 5.92 Å². The van der Waals surface area contributed by atoms with E-state index in [1.807, 2.05) is 0 Å². The first-order valence-corrected chi connectivity index (χ1v) is 3.21. The highest BCUT2D eigenvalue weighted by Gasteiger charge is 2.30. The van der Waals surface area contributed by atoms with Crippen LogP contribution in [0.25, 0.3) is 0 Å². The van der Waals surface area contributed by atoms with Crippen molar-refractivity contribution in [3.05, 3.63) is 0 Å². The van der Waals surface area contributed by atoms with Crippen LogP contribution in [0.4, 0.5) is 0 Å². The SMILES string of the molecule is NCCOC(=O)C1CC1. The smallest absolute Gasteiger partial charge is 0.308 e. The molecule has 0 aromatic rings. The van der Waals surface area contributed by atoms with Gasteiger partial charge in [-0.25, -0.2) is 0 Å². The minimum absolute atomic E-state index is 0.0690. The van der Waals surface area contributed by atoms with Crippen molar-refractivity contribution in [3.8, 4) is 0 Å². The molecule has 0 saturated heterocycles. The second-order valence-corrected chi connectivity index (χ2v) is 2.23. The minimum Gasteiger partial charge on any atom is -0.464 e. The molecule has 0 aromatic carbocycles. The lowest BCUT2D eigenvalue weighted by Gasteiger charge is -1.98. The molecule has 2 N–H and O–H groups in total. The van der Waals surface area contributed by atoms with Gasteiger partial charge in [0.25, 0.3) is 0 Å². The number of hydrogen-bond donors (Lipinski definition) is 1. The Kier molecular flexibility index (Phi) is 2.05. The first-order valence-electron chi connectivity index (χ1n) is 3.21. The zero-order valence-electron chi connectivity index (χ0n) is 5.30. The highest BCUT2D eigenvalue weighted by atomic mass is 16.5. The average molecular weight is 129 g/mol. The topological polar surface area (TPSA) is 52.3 Å². The van der Waals surface area contributed by atoms with Gasteiger partial charge in [0.2, 0.25) is 0 Å². The van der Waals surface area contributed by atoms with Crippen LogP contribution < -0.4 is 5.73 Å². The Morgan fingerprint density at radius 2 is 2.33 bits per heavy atom. The number of carbonyl (C=O) groups excluding carboxylic acids is 1. The molecule has 1 aliphatic carbocycles. The zero-order valence-corrected chi connectivity index (χ0v) is 5.30. The number of hydrogen-bond acceptors (Lipinski definition) is 3. The fourth-order valence-electron chi connectivity index (χ4n) is 0.596. The molecule has 3 nitrogen and oxygen atoms in total. The van der Waals surface area contributed by atoms with Gasteiger partial charge in [-0.05, 0) is 12.8 Å². The van der Waals surface area contributed by atoms with E-state index in [2.05, 4.69) is 0 Å². The maximum Gasteiger partial charge on any atom is 0.308 e. The molecular weight excluding hydrogens is 118 g/mol. The van der Waals surface area contributed by atoms with Crippen LogP contribution in [0.1, 0.15) is 12.8 Å². The summed E-state index contributed by atoms with van der Waals surface area (Å²) in [6.07, 6.45) is 2.01. The van der Waals surface area contributed by atoms with Gasteiger partial charge in [-0.3, -0.25) is 4.79 Å². The molecule has 0 atom stereocenters. The van der Waals surface area contributed by atoms with Crippen LogP contribution in [-0.4, -0.2) is 19.1 Å². The van der Waals surface area contributed by atoms with Gasteiger partial charge in [-0.1, -0.05) is 0 Å². The molecule has 52 valence electrons. The van der Waals surface area contributed by atoms with E-state index in [1.54, 1.807) is 0 Å². The van der Waals surface area contributed by atoms with E-state index in [1.165, 1.54) is 0 Å². The molecule has 0 radical (unpaired) electrons. The molecule has 0 spiro atoms. The second kappa shape index (κ2) is 2.82. The molecule has 0 aromatic heterocycles. The Bertz CT molecular complexity index is 110. The third-order valence-electron chi connectivity index (χ3n) is 1.27. The molecule has 0 unspecified atom stereocenters. The van der Waals surface area contributed by atoms with Gasteiger partial charge in [-0.15, -0.1) is 0 Å². The van der Waals surface area contributed by atoms with E-state index in [0.717, 1.165) is 12.8 Å². The first kappa shape index (κ1) is 6.55. The van der Waals surface area contributed by atoms with Crippen LogP contribution in [0.5, 0.6) is 0 Å². The zero-order chi connectivity index (χ0) is 6.69. The molecule has 3 heteroatoms. The highest BCUT2D eigenvalue weighted by Crippen LogP contribution is 2.29. The van der Waals surface area contributed by atoms with Crippen LogP contribution in [0.3, 0.4) is 0 Å². The fourth-order valence-corrected chi connectivity index (χ4v) is 0.596. The van der Waals surface area contributed by atoms with Crippen LogP contribution >= 0.6 is 0 Å². The van der Waals surface area contributed by atoms with E-state index >= 15 is 0 Å². The molecule has 0 bridgehead atoms. The third-order valence-corrected chi connectivity index (χ3v) is 1.27. The molecule has 1 fully saturated rings. The van der Waals surface area contributed by atoms with Gasteiger partial charge in [0.05, 0.1) is 5.92 Å². The van der Waals surface area contributed by atoms with Crippen molar-refractivity contribution in [1.29, 1.82) is 0 Å². The van der Waals surface area contributed by atoms with Crippen molar-refractivity contribution in [2.75, 3.05) is 13.2 Å². The maximum atomic E-state index is 10.7. The molecular formula is C6H11NO2. The van der Waals surface area contributed by atoms with Crippen LogP contribution in [0.15, 0.2) is 0 Å². The molecule has 0 amide bonds. The molecule has 1 rings (SSSR count). The normalized spacial score (nSPS) is 17.4. The summed E-state index contributed by atoms with van der Waals surface area (Å²) in [6, 6.07) is 0. The van der Waals surface area contributed by atoms with E-state index in [4.69, 9.17) is 10.5 Å². The van der Waals surface area contributed by atoms with Gasteiger partial charge in [-0.2, -0.15) is 0 Å². The lowest BCUT2D eigenvalue weighted by molar-refractivity contribution is -0.144. The monoisotopic (exact) mass is 129 g/mol. The molecule has 0 heterocycles. The minimum atomic E-state index is -0.0690. The van der Waals surface area contributed by atoms with Gasteiger partial charge in [0.15, 0.2) is 0 Å². The summed E-state index contributed by atoms with van der Waals surface area (Å²) in [5, 5.41) is 0. The van der Waals surface area contributed by atoms with E-state index in [0.29, 0.717) is 13.2 Å². The van der Waals surface area contributed by atoms with Crippen LogP contribution in [0.2, 0.25) is 0 Å². The third kappa shape index (κ3) is 2.01. The summed E-state index contributed by atoms with van der Waals surface area (Å²) >= 11 is 0. The summed E-state index contributed by atoms with van der Waals surface area (Å²) in [6.45, 7) is 0.799. The second-order valence-electron chi connectivity index (χ2n) is 2.23. The molecule has 1 saturated carbocycles. The van der Waals surface area contributed by atoms with Gasteiger partial charge >= 0.3 is 5.97 Å². The summed E-state index contributed by atoms with van der Waals surface area (Å²) in [4.78, 5) is 10.7. The Morgan fingerprint density at radius 3 is 2.78 bits per heavy atom. The number of carbonyl (C=O) groups is 1. The summed E-state index contributed by atoms with van der Waals surface area (Å²) in [5.41, 5.74) is 5.12. The largest absolute Gasteiger partial charge is 0.464 e. The maximum absolute atomic E-state index is 10.7.